The van der Waals surface area contributed by atoms with E-state index in [1.165, 1.54) is 12.1 Å². The molecule has 1 atom stereocenters. The second kappa shape index (κ2) is 5.79. The first-order chi connectivity index (χ1) is 12.1. The summed E-state index contributed by atoms with van der Waals surface area (Å²) in [6, 6.07) is 13.4. The smallest absolute Gasteiger partial charge is 0.167 e. The Morgan fingerprint density at radius 1 is 0.920 bits per heavy atom. The number of rotatable bonds is 2. The molecule has 126 valence electrons. The van der Waals surface area contributed by atoms with E-state index in [0.29, 0.717) is 11.1 Å². The van der Waals surface area contributed by atoms with E-state index in [2.05, 4.69) is 0 Å². The number of carbonyl (C=O) groups is 1. The summed E-state index contributed by atoms with van der Waals surface area (Å²) in [7, 11) is 0. The number of hydrogen-bond donors (Lipinski definition) is 3. The summed E-state index contributed by atoms with van der Waals surface area (Å²) >= 11 is 0. The van der Waals surface area contributed by atoms with Crippen LogP contribution in [0.1, 0.15) is 34.9 Å². The summed E-state index contributed by atoms with van der Waals surface area (Å²) in [6.45, 7) is 0. The van der Waals surface area contributed by atoms with E-state index in [-0.39, 0.29) is 47.0 Å². The van der Waals surface area contributed by atoms with E-state index >= 15 is 0 Å². The Bertz CT molecular complexity index is 988. The Balaban J connectivity index is 1.89. The number of benzene rings is 3. The molecule has 0 unspecified atom stereocenters. The molecule has 3 N–H and O–H groups in total. The molecule has 0 aliphatic heterocycles. The van der Waals surface area contributed by atoms with E-state index < -0.39 is 6.10 Å². The summed E-state index contributed by atoms with van der Waals surface area (Å²) in [5.41, 5.74) is 0.407. The van der Waals surface area contributed by atoms with Crippen LogP contribution in [-0.4, -0.2) is 21.1 Å². The van der Waals surface area contributed by atoms with Gasteiger partial charge in [0.1, 0.15) is 23.0 Å². The standard InChI is InChI=1S/C20H16O5/c21-12-5-1-3-11-4-2-6-16(18(11)12)25-17-10-9-14(23)19-13(22)7-8-15(24)20(17)19/h1-6,9-10,13,21-23H,7-8H2/t13-/m0/s1. The number of phenolic OH excluding ortho intramolecular Hbond substituents is 2. The molecule has 1 aliphatic rings. The van der Waals surface area contributed by atoms with Crippen LogP contribution in [0.15, 0.2) is 48.5 Å². The number of phenols is 2. The van der Waals surface area contributed by atoms with Crippen molar-refractivity contribution in [1.82, 2.24) is 0 Å². The second-order valence-corrected chi connectivity index (χ2v) is 6.08. The number of fused-ring (bicyclic) bond motifs is 2. The number of ether oxygens (including phenoxy) is 1. The van der Waals surface area contributed by atoms with Gasteiger partial charge in [-0.05, 0) is 36.1 Å². The van der Waals surface area contributed by atoms with Crippen LogP contribution < -0.4 is 4.74 Å². The van der Waals surface area contributed by atoms with Gasteiger partial charge in [-0.25, -0.2) is 0 Å². The maximum atomic E-state index is 12.4. The van der Waals surface area contributed by atoms with Crippen molar-refractivity contribution >= 4 is 16.6 Å². The van der Waals surface area contributed by atoms with Gasteiger partial charge < -0.3 is 20.1 Å². The fourth-order valence-electron chi connectivity index (χ4n) is 3.33. The SMILES string of the molecule is O=C1CC[C@H](O)c2c(O)ccc(Oc3cccc4cccc(O)c34)c21. The molecule has 3 aromatic rings. The summed E-state index contributed by atoms with van der Waals surface area (Å²) < 4.78 is 5.94. The Labute approximate surface area is 143 Å². The number of ketones is 1. The molecule has 0 bridgehead atoms. The second-order valence-electron chi connectivity index (χ2n) is 6.08. The molecule has 0 radical (unpaired) electrons. The Morgan fingerprint density at radius 3 is 2.48 bits per heavy atom. The monoisotopic (exact) mass is 336 g/mol. The quantitative estimate of drug-likeness (QED) is 0.657. The number of hydrogen-bond acceptors (Lipinski definition) is 5. The fraction of sp³-hybridized carbons (Fsp3) is 0.150. The van der Waals surface area contributed by atoms with Crippen molar-refractivity contribution in [1.29, 1.82) is 0 Å². The van der Waals surface area contributed by atoms with Gasteiger partial charge in [-0.2, -0.15) is 0 Å². The van der Waals surface area contributed by atoms with Gasteiger partial charge in [-0.1, -0.05) is 24.3 Å². The molecule has 0 heterocycles. The van der Waals surface area contributed by atoms with Crippen LogP contribution in [-0.2, 0) is 0 Å². The lowest BCUT2D eigenvalue weighted by Gasteiger charge is -2.23. The van der Waals surface area contributed by atoms with Crippen LogP contribution >= 0.6 is 0 Å². The minimum atomic E-state index is -0.905. The summed E-state index contributed by atoms with van der Waals surface area (Å²) in [4.78, 5) is 12.4. The highest BCUT2D eigenvalue weighted by molar-refractivity contribution is 6.02. The van der Waals surface area contributed by atoms with Crippen LogP contribution in [0.5, 0.6) is 23.0 Å². The third kappa shape index (κ3) is 2.49. The highest BCUT2D eigenvalue weighted by atomic mass is 16.5. The molecule has 0 amide bonds. The summed E-state index contributed by atoms with van der Waals surface area (Å²) in [5, 5.41) is 31.7. The third-order valence-electron chi connectivity index (χ3n) is 4.51. The molecular formula is C20H16O5. The summed E-state index contributed by atoms with van der Waals surface area (Å²) in [5.74, 6) is 0.426. The maximum absolute atomic E-state index is 12.4. The van der Waals surface area contributed by atoms with Gasteiger partial charge in [-0.15, -0.1) is 0 Å². The van der Waals surface area contributed by atoms with Crippen molar-refractivity contribution in [2.75, 3.05) is 0 Å². The third-order valence-corrected chi connectivity index (χ3v) is 4.51. The lowest BCUT2D eigenvalue weighted by Crippen LogP contribution is -2.16. The highest BCUT2D eigenvalue weighted by Crippen LogP contribution is 2.43. The van der Waals surface area contributed by atoms with Crippen molar-refractivity contribution < 1.29 is 24.9 Å². The zero-order valence-electron chi connectivity index (χ0n) is 13.3. The van der Waals surface area contributed by atoms with E-state index in [1.807, 2.05) is 12.1 Å². The summed E-state index contributed by atoms with van der Waals surface area (Å²) in [6.07, 6.45) is -0.440. The molecule has 0 fully saturated rings. The Morgan fingerprint density at radius 2 is 1.68 bits per heavy atom. The predicted octanol–water partition coefficient (Wildman–Crippen LogP) is 4.05. The van der Waals surface area contributed by atoms with Gasteiger partial charge in [0.05, 0.1) is 17.1 Å². The van der Waals surface area contributed by atoms with Gasteiger partial charge >= 0.3 is 0 Å². The topological polar surface area (TPSA) is 87.0 Å². The van der Waals surface area contributed by atoms with Crippen LogP contribution in [0, 0.1) is 0 Å². The van der Waals surface area contributed by atoms with Crippen LogP contribution in [0.2, 0.25) is 0 Å². The molecule has 1 aliphatic carbocycles. The van der Waals surface area contributed by atoms with Gasteiger partial charge in [0, 0.05) is 12.0 Å². The maximum Gasteiger partial charge on any atom is 0.167 e. The molecule has 5 heteroatoms. The molecule has 25 heavy (non-hydrogen) atoms. The molecular weight excluding hydrogens is 320 g/mol. The first-order valence-corrected chi connectivity index (χ1v) is 8.02. The largest absolute Gasteiger partial charge is 0.508 e. The first-order valence-electron chi connectivity index (χ1n) is 8.02. The molecule has 4 rings (SSSR count). The first kappa shape index (κ1) is 15.5. The Hall–Kier alpha value is -3.05. The number of Topliss-reactive ketones (excluding diaryl/α,β-unsaturated/α-hetero) is 1. The van der Waals surface area contributed by atoms with Gasteiger partial charge in [0.15, 0.2) is 5.78 Å². The zero-order chi connectivity index (χ0) is 17.6. The van der Waals surface area contributed by atoms with Gasteiger partial charge in [0.2, 0.25) is 0 Å². The number of aliphatic hydroxyl groups excluding tert-OH is 1. The van der Waals surface area contributed by atoms with Gasteiger partial charge in [-0.3, -0.25) is 4.79 Å². The van der Waals surface area contributed by atoms with Crippen LogP contribution in [0.4, 0.5) is 0 Å². The molecule has 0 saturated heterocycles. The normalized spacial score (nSPS) is 16.7. The van der Waals surface area contributed by atoms with Crippen molar-refractivity contribution in [3.05, 3.63) is 59.7 Å². The molecule has 0 saturated carbocycles. The van der Waals surface area contributed by atoms with Crippen LogP contribution in [0.3, 0.4) is 0 Å². The number of carbonyl (C=O) groups excluding carboxylic acids is 1. The lowest BCUT2D eigenvalue weighted by molar-refractivity contribution is 0.0888. The van der Waals surface area contributed by atoms with Crippen molar-refractivity contribution in [3.63, 3.8) is 0 Å². The Kier molecular flexibility index (Phi) is 3.58. The van der Waals surface area contributed by atoms with Crippen molar-refractivity contribution in [2.24, 2.45) is 0 Å². The number of aliphatic hydroxyl groups is 1. The van der Waals surface area contributed by atoms with E-state index in [4.69, 9.17) is 4.74 Å². The highest BCUT2D eigenvalue weighted by Gasteiger charge is 2.30. The van der Waals surface area contributed by atoms with E-state index in [9.17, 15) is 20.1 Å². The fourth-order valence-corrected chi connectivity index (χ4v) is 3.33. The minimum absolute atomic E-state index is 0.0760. The zero-order valence-corrected chi connectivity index (χ0v) is 13.3. The minimum Gasteiger partial charge on any atom is -0.508 e. The van der Waals surface area contributed by atoms with E-state index in [0.717, 1.165) is 5.39 Å². The average Bonchev–Trinajstić information content (AvgIpc) is 2.60. The van der Waals surface area contributed by atoms with E-state index in [1.54, 1.807) is 24.3 Å². The molecule has 0 spiro atoms. The van der Waals surface area contributed by atoms with Gasteiger partial charge in [0.25, 0.3) is 0 Å². The number of aromatic hydroxyl groups is 2. The molecule has 0 aromatic heterocycles. The predicted molar refractivity (Wildman–Crippen MR) is 92.3 cm³/mol. The molecule has 3 aromatic carbocycles. The van der Waals surface area contributed by atoms with Crippen LogP contribution in [0.25, 0.3) is 10.8 Å². The van der Waals surface area contributed by atoms with Crippen molar-refractivity contribution in [3.8, 4) is 23.0 Å². The molecule has 5 nitrogen and oxygen atoms in total. The average molecular weight is 336 g/mol. The lowest BCUT2D eigenvalue weighted by atomic mass is 9.87. The van der Waals surface area contributed by atoms with Crippen molar-refractivity contribution in [2.45, 2.75) is 18.9 Å².